The van der Waals surface area contributed by atoms with Crippen LogP contribution in [0.25, 0.3) is 22.3 Å². The van der Waals surface area contributed by atoms with E-state index in [0.29, 0.717) is 0 Å². The lowest BCUT2D eigenvalue weighted by atomic mass is 9.95. The minimum Gasteiger partial charge on any atom is -0.107 e. The molecule has 0 amide bonds. The molecule has 0 atom stereocenters. The van der Waals surface area contributed by atoms with Crippen molar-refractivity contribution in [2.45, 2.75) is 0 Å². The van der Waals surface area contributed by atoms with E-state index in [1.807, 2.05) is 0 Å². The molecule has 3 rings (SSSR count). The third kappa shape index (κ3) is 3.04. The minimum absolute atomic E-state index is 0. The van der Waals surface area contributed by atoms with Crippen LogP contribution < -0.4 is 0 Å². The Labute approximate surface area is 131 Å². The van der Waals surface area contributed by atoms with Crippen LogP contribution in [0.5, 0.6) is 0 Å². The third-order valence-corrected chi connectivity index (χ3v) is 3.10. The van der Waals surface area contributed by atoms with Crippen molar-refractivity contribution >= 4 is 24.0 Å². The van der Waals surface area contributed by atoms with E-state index in [-0.39, 0.29) is 24.0 Å². The van der Waals surface area contributed by atoms with E-state index in [4.69, 9.17) is 0 Å². The Bertz CT molecular complexity index is 572. The predicted octanol–water partition coefficient (Wildman–Crippen LogP) is 5.64. The number of rotatable bonds is 2. The molecule has 0 heterocycles. The maximum atomic E-state index is 2.18. The molecule has 0 N–H and O–H groups in total. The van der Waals surface area contributed by atoms with Crippen LogP contribution in [-0.2, 0) is 0 Å². The highest BCUT2D eigenvalue weighted by Crippen LogP contribution is 2.31. The van der Waals surface area contributed by atoms with Gasteiger partial charge in [0.1, 0.15) is 0 Å². The number of benzene rings is 3. The second kappa shape index (κ2) is 6.53. The Morgan fingerprint density at radius 2 is 0.684 bits per heavy atom. The summed E-state index contributed by atoms with van der Waals surface area (Å²) in [5.41, 5.74) is 5.09. The first-order valence-electron chi connectivity index (χ1n) is 6.15. The molecule has 0 spiro atoms. The number of hydrogen-bond acceptors (Lipinski definition) is 0. The summed E-state index contributed by atoms with van der Waals surface area (Å²) < 4.78 is 0. The fourth-order valence-electron chi connectivity index (χ4n) is 2.22. The van der Waals surface area contributed by atoms with Gasteiger partial charge in [-0.25, -0.2) is 0 Å². The zero-order valence-electron chi connectivity index (χ0n) is 10.5. The zero-order chi connectivity index (χ0) is 12.2. The molecule has 0 nitrogen and oxygen atoms in total. The lowest BCUT2D eigenvalue weighted by Crippen LogP contribution is -1.83. The Balaban J connectivity index is 0.00000133. The van der Waals surface area contributed by atoms with Crippen molar-refractivity contribution in [2.24, 2.45) is 0 Å². The molecule has 3 aromatic carbocycles. The highest BCUT2D eigenvalue weighted by molar-refractivity contribution is 14.0. The summed E-state index contributed by atoms with van der Waals surface area (Å²) in [4.78, 5) is 0. The highest BCUT2D eigenvalue weighted by atomic mass is 127. The van der Waals surface area contributed by atoms with E-state index in [1.54, 1.807) is 0 Å². The van der Waals surface area contributed by atoms with Crippen LogP contribution in [-0.4, -0.2) is 0 Å². The fraction of sp³-hybridized carbons (Fsp3) is 0. The Kier molecular flexibility index (Phi) is 4.74. The molecule has 0 aromatic heterocycles. The van der Waals surface area contributed by atoms with Crippen LogP contribution in [0.1, 0.15) is 0 Å². The lowest BCUT2D eigenvalue weighted by molar-refractivity contribution is 1.58. The van der Waals surface area contributed by atoms with Gasteiger partial charge in [0.15, 0.2) is 0 Å². The normalized spacial score (nSPS) is 9.68. The molecule has 0 bridgehead atoms. The maximum absolute atomic E-state index is 2.18. The predicted molar refractivity (Wildman–Crippen MR) is 92.7 cm³/mol. The summed E-state index contributed by atoms with van der Waals surface area (Å²) in [6, 6.07) is 29.6. The van der Waals surface area contributed by atoms with Gasteiger partial charge in [-0.1, -0.05) is 84.9 Å². The van der Waals surface area contributed by atoms with Crippen molar-refractivity contribution in [3.05, 3.63) is 84.9 Å². The van der Waals surface area contributed by atoms with Crippen molar-refractivity contribution in [1.82, 2.24) is 0 Å². The minimum atomic E-state index is 0. The van der Waals surface area contributed by atoms with Gasteiger partial charge in [-0.15, -0.1) is 24.0 Å². The molecule has 0 aliphatic heterocycles. The van der Waals surface area contributed by atoms with E-state index >= 15 is 0 Å². The van der Waals surface area contributed by atoms with Crippen LogP contribution in [0.4, 0.5) is 0 Å². The van der Waals surface area contributed by atoms with Gasteiger partial charge in [-0.3, -0.25) is 0 Å². The molecule has 19 heavy (non-hydrogen) atoms. The van der Waals surface area contributed by atoms with Crippen molar-refractivity contribution < 1.29 is 0 Å². The monoisotopic (exact) mass is 358 g/mol. The van der Waals surface area contributed by atoms with Crippen molar-refractivity contribution in [3.8, 4) is 22.3 Å². The first kappa shape index (κ1) is 13.8. The molecule has 0 aliphatic rings. The molecular weight excluding hydrogens is 343 g/mol. The summed E-state index contributed by atoms with van der Waals surface area (Å²) in [7, 11) is 0. The summed E-state index contributed by atoms with van der Waals surface area (Å²) in [6.45, 7) is 0. The number of halogens is 1. The average molecular weight is 358 g/mol. The summed E-state index contributed by atoms with van der Waals surface area (Å²) in [5.74, 6) is 0. The SMILES string of the molecule is I.c1ccc(-c2ccccc2-c2ccccc2)cc1. The molecular formula is C18H15I. The van der Waals surface area contributed by atoms with E-state index in [2.05, 4.69) is 84.9 Å². The molecule has 0 unspecified atom stereocenters. The maximum Gasteiger partial charge on any atom is -0.0105 e. The van der Waals surface area contributed by atoms with Gasteiger partial charge in [0, 0.05) is 0 Å². The number of hydrogen-bond donors (Lipinski definition) is 0. The average Bonchev–Trinajstić information content (AvgIpc) is 2.49. The molecule has 0 aliphatic carbocycles. The summed E-state index contributed by atoms with van der Waals surface area (Å²) in [6.07, 6.45) is 0. The second-order valence-corrected chi connectivity index (χ2v) is 4.28. The quantitative estimate of drug-likeness (QED) is 0.520. The van der Waals surface area contributed by atoms with Gasteiger partial charge in [0.25, 0.3) is 0 Å². The van der Waals surface area contributed by atoms with Crippen LogP contribution >= 0.6 is 24.0 Å². The third-order valence-electron chi connectivity index (χ3n) is 3.10. The molecule has 0 fully saturated rings. The Hall–Kier alpha value is -1.61. The summed E-state index contributed by atoms with van der Waals surface area (Å²) in [5, 5.41) is 0. The van der Waals surface area contributed by atoms with Crippen LogP contribution in [0.3, 0.4) is 0 Å². The van der Waals surface area contributed by atoms with E-state index in [1.165, 1.54) is 22.3 Å². The van der Waals surface area contributed by atoms with Gasteiger partial charge in [0.05, 0.1) is 0 Å². The van der Waals surface area contributed by atoms with Crippen molar-refractivity contribution in [2.75, 3.05) is 0 Å². The molecule has 0 radical (unpaired) electrons. The van der Waals surface area contributed by atoms with Gasteiger partial charge in [-0.2, -0.15) is 0 Å². The van der Waals surface area contributed by atoms with Crippen LogP contribution in [0.2, 0.25) is 0 Å². The molecule has 1 heteroatoms. The van der Waals surface area contributed by atoms with Crippen LogP contribution in [0.15, 0.2) is 84.9 Å². The highest BCUT2D eigenvalue weighted by Gasteiger charge is 2.05. The second-order valence-electron chi connectivity index (χ2n) is 4.28. The van der Waals surface area contributed by atoms with Crippen LogP contribution in [0, 0.1) is 0 Å². The van der Waals surface area contributed by atoms with Gasteiger partial charge in [-0.05, 0) is 22.3 Å². The van der Waals surface area contributed by atoms with E-state index in [9.17, 15) is 0 Å². The molecule has 94 valence electrons. The smallest absolute Gasteiger partial charge is 0.0105 e. The standard InChI is InChI=1S/C18H14.HI/c1-3-9-15(10-4-1)17-13-7-8-14-18(17)16-11-5-2-6-12-16;/h1-14H;1H. The van der Waals surface area contributed by atoms with Gasteiger partial charge < -0.3 is 0 Å². The van der Waals surface area contributed by atoms with E-state index in [0.717, 1.165) is 0 Å². The fourth-order valence-corrected chi connectivity index (χ4v) is 2.22. The first-order valence-corrected chi connectivity index (χ1v) is 6.15. The van der Waals surface area contributed by atoms with Gasteiger partial charge >= 0.3 is 0 Å². The zero-order valence-corrected chi connectivity index (χ0v) is 12.8. The Morgan fingerprint density at radius 3 is 1.05 bits per heavy atom. The van der Waals surface area contributed by atoms with Crippen molar-refractivity contribution in [1.29, 1.82) is 0 Å². The van der Waals surface area contributed by atoms with E-state index < -0.39 is 0 Å². The first-order chi connectivity index (χ1) is 8.95. The topological polar surface area (TPSA) is 0 Å². The molecule has 3 aromatic rings. The van der Waals surface area contributed by atoms with Gasteiger partial charge in [0.2, 0.25) is 0 Å². The largest absolute Gasteiger partial charge is 0.107 e. The lowest BCUT2D eigenvalue weighted by Gasteiger charge is -2.09. The molecule has 0 saturated heterocycles. The summed E-state index contributed by atoms with van der Waals surface area (Å²) >= 11 is 0. The molecule has 0 saturated carbocycles. The Morgan fingerprint density at radius 1 is 0.368 bits per heavy atom. The van der Waals surface area contributed by atoms with Crippen molar-refractivity contribution in [3.63, 3.8) is 0 Å².